The van der Waals surface area contributed by atoms with Crippen LogP contribution in [0.4, 0.5) is 4.79 Å². The van der Waals surface area contributed by atoms with Gasteiger partial charge in [0.15, 0.2) is 0 Å². The minimum atomic E-state index is -1.24. The first kappa shape index (κ1) is 32.3. The number of benzene rings is 3. The topological polar surface area (TPSA) is 130 Å². The lowest BCUT2D eigenvalue weighted by Crippen LogP contribution is -2.42. The lowest BCUT2D eigenvalue weighted by Gasteiger charge is -2.28. The van der Waals surface area contributed by atoms with Gasteiger partial charge in [-0.2, -0.15) is 0 Å². The Labute approximate surface area is 286 Å². The molecule has 2 amide bonds. The molecule has 4 N–H and O–H groups in total. The Morgan fingerprint density at radius 1 is 0.796 bits per heavy atom. The number of nitrogens with one attached hydrogen (secondary N) is 3. The fourth-order valence-corrected chi connectivity index (χ4v) is 7.37. The molecule has 2 saturated heterocycles. The van der Waals surface area contributed by atoms with Gasteiger partial charge in [0.25, 0.3) is 5.91 Å². The molecule has 5 aromatic rings. The average Bonchev–Trinajstić information content (AvgIpc) is 3.97. The summed E-state index contributed by atoms with van der Waals surface area (Å²) >= 11 is 0. The largest absolute Gasteiger partial charge is 0.465 e. The lowest BCUT2D eigenvalue weighted by molar-refractivity contribution is -0.134. The monoisotopic (exact) mass is 657 g/mol. The van der Waals surface area contributed by atoms with Crippen molar-refractivity contribution >= 4 is 12.0 Å². The summed E-state index contributed by atoms with van der Waals surface area (Å²) in [5.41, 5.74) is 6.86. The number of H-pyrrole nitrogens is 2. The van der Waals surface area contributed by atoms with Crippen molar-refractivity contribution in [1.82, 2.24) is 35.1 Å². The van der Waals surface area contributed by atoms with E-state index in [2.05, 4.69) is 87.5 Å². The molecule has 0 saturated carbocycles. The number of aromatic nitrogens is 4. The van der Waals surface area contributed by atoms with Crippen LogP contribution in [0.2, 0.25) is 0 Å². The van der Waals surface area contributed by atoms with E-state index in [0.29, 0.717) is 30.0 Å². The Bertz CT molecular complexity index is 1880. The van der Waals surface area contributed by atoms with Crippen molar-refractivity contribution < 1.29 is 14.7 Å². The van der Waals surface area contributed by atoms with Crippen LogP contribution in [-0.4, -0.2) is 66.0 Å². The standard InChI is InChI=1S/C39H43N7O3/c1-3-25(2)45-21-7-11-33(45)36-40-23-31(42-36)28-17-13-26(14-18-28)27-15-19-29(20-16-27)32-24-41-37(43-32)34-12-8-22-46(34)38(47)35(44-39(48)49)30-9-5-4-6-10-30/h4-6,9-10,13-20,23-25,33-35,44H,3,7-8,11-12,21-22H2,1-2H3,(H,40,42)(H,41,43)(H,48,49)/t25?,33-,34-,35+/m0/s1. The Kier molecular flexibility index (Phi) is 9.30. The summed E-state index contributed by atoms with van der Waals surface area (Å²) < 4.78 is 0. The van der Waals surface area contributed by atoms with Gasteiger partial charge in [0.05, 0.1) is 35.9 Å². The first-order valence-corrected chi connectivity index (χ1v) is 17.3. The normalized spacial score (nSPS) is 19.2. The summed E-state index contributed by atoms with van der Waals surface area (Å²) in [7, 11) is 0. The zero-order valence-corrected chi connectivity index (χ0v) is 28.0. The van der Waals surface area contributed by atoms with E-state index < -0.39 is 12.1 Å². The van der Waals surface area contributed by atoms with Gasteiger partial charge in [-0.1, -0.05) is 85.8 Å². The van der Waals surface area contributed by atoms with Gasteiger partial charge in [0, 0.05) is 12.6 Å². The number of imidazole rings is 2. The van der Waals surface area contributed by atoms with Crippen LogP contribution in [0.15, 0.2) is 91.3 Å². The summed E-state index contributed by atoms with van der Waals surface area (Å²) in [5.74, 6) is 1.48. The SMILES string of the molecule is CCC(C)N1CCC[C@H]1c1ncc(-c2ccc(-c3ccc(-c4cnc([C@@H]5CCCN5C(=O)[C@H](NC(=O)O)c5ccccc5)[nH]4)cc3)cc2)[nH]1. The third-order valence-corrected chi connectivity index (χ3v) is 10.2. The molecule has 0 aliphatic carbocycles. The molecule has 4 heterocycles. The van der Waals surface area contributed by atoms with Gasteiger partial charge >= 0.3 is 6.09 Å². The summed E-state index contributed by atoms with van der Waals surface area (Å²) in [6, 6.07) is 25.6. The van der Waals surface area contributed by atoms with Gasteiger partial charge < -0.3 is 25.3 Å². The first-order chi connectivity index (χ1) is 23.9. The Hall–Kier alpha value is -5.22. The highest BCUT2D eigenvalue weighted by atomic mass is 16.4. The molecule has 2 aliphatic rings. The predicted molar refractivity (Wildman–Crippen MR) is 190 cm³/mol. The van der Waals surface area contributed by atoms with Crippen molar-refractivity contribution in [3.05, 3.63) is 108 Å². The summed E-state index contributed by atoms with van der Waals surface area (Å²) in [4.78, 5) is 46.1. The molecule has 10 nitrogen and oxygen atoms in total. The van der Waals surface area contributed by atoms with E-state index in [0.717, 1.165) is 71.7 Å². The van der Waals surface area contributed by atoms with E-state index >= 15 is 0 Å². The average molecular weight is 658 g/mol. The smallest absolute Gasteiger partial charge is 0.405 e. The van der Waals surface area contributed by atoms with Gasteiger partial charge in [-0.25, -0.2) is 14.8 Å². The van der Waals surface area contributed by atoms with E-state index in [9.17, 15) is 14.7 Å². The van der Waals surface area contributed by atoms with E-state index in [-0.39, 0.29) is 11.9 Å². The fourth-order valence-electron chi connectivity index (χ4n) is 7.37. The van der Waals surface area contributed by atoms with Crippen molar-refractivity contribution in [2.75, 3.05) is 13.1 Å². The van der Waals surface area contributed by atoms with Crippen LogP contribution in [0.5, 0.6) is 0 Å². The lowest BCUT2D eigenvalue weighted by atomic mass is 10.0. The Morgan fingerprint density at radius 3 is 1.90 bits per heavy atom. The third kappa shape index (κ3) is 6.73. The highest BCUT2D eigenvalue weighted by molar-refractivity contribution is 5.87. The number of rotatable bonds is 10. The van der Waals surface area contributed by atoms with Crippen molar-refractivity contribution in [2.24, 2.45) is 0 Å². The van der Waals surface area contributed by atoms with Gasteiger partial charge in [0.2, 0.25) is 0 Å². The van der Waals surface area contributed by atoms with Gasteiger partial charge in [-0.3, -0.25) is 9.69 Å². The molecule has 0 bridgehead atoms. The highest BCUT2D eigenvalue weighted by Crippen LogP contribution is 2.36. The quantitative estimate of drug-likeness (QED) is 0.122. The second-order valence-electron chi connectivity index (χ2n) is 13.2. The maximum atomic E-state index is 13.7. The zero-order chi connectivity index (χ0) is 33.9. The molecule has 252 valence electrons. The molecule has 4 atom stereocenters. The van der Waals surface area contributed by atoms with Gasteiger partial charge in [-0.15, -0.1) is 0 Å². The number of amides is 2. The molecular weight excluding hydrogens is 614 g/mol. The van der Waals surface area contributed by atoms with Crippen molar-refractivity contribution in [1.29, 1.82) is 0 Å². The van der Waals surface area contributed by atoms with E-state index in [1.807, 2.05) is 12.3 Å². The van der Waals surface area contributed by atoms with E-state index in [1.165, 1.54) is 6.42 Å². The van der Waals surface area contributed by atoms with Crippen LogP contribution in [0.3, 0.4) is 0 Å². The van der Waals surface area contributed by atoms with E-state index in [1.54, 1.807) is 35.4 Å². The van der Waals surface area contributed by atoms with Crippen LogP contribution in [-0.2, 0) is 4.79 Å². The number of nitrogens with zero attached hydrogens (tertiary/aromatic N) is 4. The zero-order valence-electron chi connectivity index (χ0n) is 28.0. The van der Waals surface area contributed by atoms with Crippen molar-refractivity contribution in [3.63, 3.8) is 0 Å². The molecule has 2 fully saturated rings. The predicted octanol–water partition coefficient (Wildman–Crippen LogP) is 7.74. The Morgan fingerprint density at radius 2 is 1.33 bits per heavy atom. The maximum Gasteiger partial charge on any atom is 0.405 e. The van der Waals surface area contributed by atoms with Crippen molar-refractivity contribution in [3.8, 4) is 33.6 Å². The maximum absolute atomic E-state index is 13.7. The Balaban J connectivity index is 1.03. The molecular formula is C39H43N7O3. The second kappa shape index (κ2) is 14.1. The molecule has 49 heavy (non-hydrogen) atoms. The summed E-state index contributed by atoms with van der Waals surface area (Å²) in [6.07, 6.45) is 7.58. The number of aromatic amines is 2. The molecule has 10 heteroatoms. The molecule has 1 unspecified atom stereocenters. The van der Waals surface area contributed by atoms with Crippen LogP contribution < -0.4 is 5.32 Å². The van der Waals surface area contributed by atoms with Gasteiger partial charge in [-0.05, 0) is 73.4 Å². The van der Waals surface area contributed by atoms with Crippen molar-refractivity contribution in [2.45, 2.75) is 70.1 Å². The minimum Gasteiger partial charge on any atom is -0.465 e. The third-order valence-electron chi connectivity index (χ3n) is 10.2. The second-order valence-corrected chi connectivity index (χ2v) is 13.2. The molecule has 2 aromatic heterocycles. The van der Waals surface area contributed by atoms with Crippen LogP contribution in [0, 0.1) is 0 Å². The minimum absolute atomic E-state index is 0.260. The molecule has 0 radical (unpaired) electrons. The number of likely N-dealkylation sites (tertiary alicyclic amines) is 2. The molecule has 3 aromatic carbocycles. The van der Waals surface area contributed by atoms with Crippen LogP contribution in [0.25, 0.3) is 33.6 Å². The number of carbonyl (C=O) groups excluding carboxylic acids is 1. The number of hydrogen-bond donors (Lipinski definition) is 4. The number of carboxylic acid groups (broad SMARTS) is 1. The molecule has 2 aliphatic heterocycles. The fraction of sp³-hybridized carbons (Fsp3) is 0.333. The van der Waals surface area contributed by atoms with Gasteiger partial charge in [0.1, 0.15) is 17.7 Å². The molecule has 7 rings (SSSR count). The number of carbonyl (C=O) groups is 2. The van der Waals surface area contributed by atoms with Crippen LogP contribution in [0.1, 0.15) is 81.3 Å². The highest BCUT2D eigenvalue weighted by Gasteiger charge is 2.37. The summed E-state index contributed by atoms with van der Waals surface area (Å²) in [5, 5.41) is 11.9. The van der Waals surface area contributed by atoms with E-state index in [4.69, 9.17) is 4.98 Å². The summed E-state index contributed by atoms with van der Waals surface area (Å²) in [6.45, 7) is 6.23. The first-order valence-electron chi connectivity index (χ1n) is 17.3. The van der Waals surface area contributed by atoms with Crippen LogP contribution >= 0.6 is 0 Å². The molecule has 0 spiro atoms. The number of hydrogen-bond acceptors (Lipinski definition) is 5.